The molecule has 3 aromatic rings. The minimum atomic E-state index is -4.16. The molecule has 43 heavy (non-hydrogen) atoms. The van der Waals surface area contributed by atoms with Crippen molar-refractivity contribution >= 4 is 42.4 Å². The van der Waals surface area contributed by atoms with Crippen LogP contribution in [0.3, 0.4) is 0 Å². The Kier molecular flexibility index (Phi) is 10.5. The molecule has 236 valence electrons. The Hall–Kier alpha value is -2.47. The van der Waals surface area contributed by atoms with E-state index in [0.29, 0.717) is 35.8 Å². The first kappa shape index (κ1) is 31.9. The van der Waals surface area contributed by atoms with Crippen LogP contribution in [0, 0.1) is 17.7 Å². The number of fused-ring (bicyclic) bond motifs is 1. The van der Waals surface area contributed by atoms with Crippen molar-refractivity contribution < 1.29 is 17.5 Å². The fraction of sp³-hybridized carbons (Fsp3) is 0.594. The maximum atomic E-state index is 15.1. The van der Waals surface area contributed by atoms with E-state index in [4.69, 9.17) is 4.74 Å². The number of ether oxygens (including phenoxy) is 1. The zero-order valence-electron chi connectivity index (χ0n) is 25.7. The lowest BCUT2D eigenvalue weighted by Gasteiger charge is -2.37. The highest BCUT2D eigenvalue weighted by Crippen LogP contribution is 2.33. The molecular weight excluding hydrogens is 586 g/mol. The Balaban J connectivity index is 1.18. The second kappa shape index (κ2) is 14.1. The average Bonchev–Trinajstić information content (AvgIpc) is 3.36. The maximum Gasteiger partial charge on any atom is 0.266 e. The Morgan fingerprint density at radius 2 is 1.77 bits per heavy atom. The zero-order valence-corrected chi connectivity index (χ0v) is 27.4. The van der Waals surface area contributed by atoms with Crippen molar-refractivity contribution in [3.8, 4) is 5.75 Å². The molecule has 8 nitrogen and oxygen atoms in total. The number of nitrogens with zero attached hydrogens (tertiary/aromatic N) is 2. The van der Waals surface area contributed by atoms with Gasteiger partial charge in [0.05, 0.1) is 16.8 Å². The third kappa shape index (κ3) is 8.38. The lowest BCUT2D eigenvalue weighted by molar-refractivity contribution is 0.180. The van der Waals surface area contributed by atoms with Gasteiger partial charge in [-0.15, -0.1) is 0 Å². The summed E-state index contributed by atoms with van der Waals surface area (Å²) < 4.78 is 50.8. The van der Waals surface area contributed by atoms with Crippen LogP contribution in [-0.4, -0.2) is 63.7 Å². The fourth-order valence-electron chi connectivity index (χ4n) is 6.35. The minimum absolute atomic E-state index is 0.187. The fourth-order valence-corrected chi connectivity index (χ4v) is 8.54. The van der Waals surface area contributed by atoms with Crippen molar-refractivity contribution in [2.75, 3.05) is 37.3 Å². The molecule has 2 aliphatic rings. The highest BCUT2D eigenvalue weighted by atomic mass is 32.2. The molecule has 1 heterocycles. The van der Waals surface area contributed by atoms with Gasteiger partial charge in [-0.05, 0) is 107 Å². The van der Waals surface area contributed by atoms with E-state index >= 15 is 4.39 Å². The van der Waals surface area contributed by atoms with E-state index in [1.54, 1.807) is 6.07 Å². The zero-order chi connectivity index (χ0) is 30.6. The Bertz CT molecular complexity index is 1470. The van der Waals surface area contributed by atoms with E-state index in [9.17, 15) is 8.42 Å². The van der Waals surface area contributed by atoms with Crippen LogP contribution >= 0.6 is 11.3 Å². The third-order valence-electron chi connectivity index (χ3n) is 8.81. The predicted octanol–water partition coefficient (Wildman–Crippen LogP) is 6.70. The van der Waals surface area contributed by atoms with Gasteiger partial charge in [0.15, 0.2) is 5.13 Å². The summed E-state index contributed by atoms with van der Waals surface area (Å²) in [5.41, 5.74) is 1.25. The monoisotopic (exact) mass is 631 g/mol. The first-order valence-electron chi connectivity index (χ1n) is 15.6. The largest absolute Gasteiger partial charge is 0.493 e. The lowest BCUT2D eigenvalue weighted by atomic mass is 9.82. The number of halogens is 1. The van der Waals surface area contributed by atoms with Gasteiger partial charge in [-0.2, -0.15) is 0 Å². The number of hydrogen-bond donors (Lipinski definition) is 3. The summed E-state index contributed by atoms with van der Waals surface area (Å²) in [6, 6.07) is 10.9. The second-order valence-electron chi connectivity index (χ2n) is 12.7. The molecule has 2 aliphatic carbocycles. The number of aromatic nitrogens is 1. The van der Waals surface area contributed by atoms with Gasteiger partial charge in [-0.25, -0.2) is 17.8 Å². The van der Waals surface area contributed by atoms with Crippen LogP contribution in [-0.2, 0) is 10.0 Å². The van der Waals surface area contributed by atoms with Crippen LogP contribution in [0.5, 0.6) is 5.75 Å². The van der Waals surface area contributed by atoms with E-state index in [0.717, 1.165) is 42.2 Å². The first-order chi connectivity index (χ1) is 20.6. The van der Waals surface area contributed by atoms with Crippen LogP contribution in [0.1, 0.15) is 65.2 Å². The molecule has 5 rings (SSSR count). The van der Waals surface area contributed by atoms with Crippen LogP contribution in [0.25, 0.3) is 10.2 Å². The maximum absolute atomic E-state index is 15.1. The highest BCUT2D eigenvalue weighted by Gasteiger charge is 2.28. The van der Waals surface area contributed by atoms with E-state index in [2.05, 4.69) is 53.2 Å². The second-order valence-corrected chi connectivity index (χ2v) is 15.4. The van der Waals surface area contributed by atoms with Gasteiger partial charge >= 0.3 is 0 Å². The molecule has 0 bridgehead atoms. The summed E-state index contributed by atoms with van der Waals surface area (Å²) >= 11 is 1.21. The summed E-state index contributed by atoms with van der Waals surface area (Å²) in [5.74, 6) is 1.24. The molecule has 2 saturated carbocycles. The van der Waals surface area contributed by atoms with Crippen molar-refractivity contribution in [2.24, 2.45) is 11.8 Å². The van der Waals surface area contributed by atoms with Crippen molar-refractivity contribution in [1.29, 1.82) is 0 Å². The number of nitrogens with one attached hydrogen (secondary N) is 3. The molecule has 2 atom stereocenters. The van der Waals surface area contributed by atoms with E-state index in [-0.39, 0.29) is 11.2 Å². The molecule has 11 heteroatoms. The lowest BCUT2D eigenvalue weighted by Crippen LogP contribution is -2.45. The number of benzene rings is 2. The Labute approximate surface area is 259 Å². The van der Waals surface area contributed by atoms with Crippen molar-refractivity contribution in [2.45, 2.75) is 88.2 Å². The van der Waals surface area contributed by atoms with Gasteiger partial charge in [-0.1, -0.05) is 38.0 Å². The molecule has 0 amide bonds. The third-order valence-corrected chi connectivity index (χ3v) is 11.2. The number of anilines is 2. The average molecular weight is 632 g/mol. The van der Waals surface area contributed by atoms with Gasteiger partial charge in [-0.3, -0.25) is 4.72 Å². The molecule has 1 aromatic heterocycles. The summed E-state index contributed by atoms with van der Waals surface area (Å²) in [6.45, 7) is 6.14. The Morgan fingerprint density at radius 3 is 2.49 bits per heavy atom. The molecule has 3 N–H and O–H groups in total. The topological polar surface area (TPSA) is 95.6 Å². The molecule has 0 aliphatic heterocycles. The minimum Gasteiger partial charge on any atom is -0.493 e. The van der Waals surface area contributed by atoms with Crippen molar-refractivity contribution in [3.05, 3.63) is 42.2 Å². The van der Waals surface area contributed by atoms with Gasteiger partial charge in [0.1, 0.15) is 16.5 Å². The quantitative estimate of drug-likeness (QED) is 0.205. The SMILES string of the molecule is CC(C)NCC1CCC(COc2ccc3nc(NS(=O)(=O)c4ccc(N[C@H]5CCCC[C@@H]5N(C)C)cc4F)sc3c2)CC1. The number of rotatable bonds is 12. The smallest absolute Gasteiger partial charge is 0.266 e. The van der Waals surface area contributed by atoms with Crippen LogP contribution < -0.4 is 20.1 Å². The molecule has 2 fully saturated rings. The summed E-state index contributed by atoms with van der Waals surface area (Å²) in [7, 11) is -0.0490. The van der Waals surface area contributed by atoms with Gasteiger partial charge in [0.2, 0.25) is 0 Å². The summed E-state index contributed by atoms with van der Waals surface area (Å²) in [6.07, 6.45) is 9.16. The normalized spacial score (nSPS) is 23.1. The van der Waals surface area contributed by atoms with E-state index < -0.39 is 20.7 Å². The number of thiazole rings is 1. The summed E-state index contributed by atoms with van der Waals surface area (Å²) in [5, 5.41) is 7.17. The molecule has 0 saturated heterocycles. The number of likely N-dealkylation sites (N-methyl/N-ethyl adjacent to an activating group) is 1. The van der Waals surface area contributed by atoms with Crippen LogP contribution in [0.4, 0.5) is 15.2 Å². The van der Waals surface area contributed by atoms with Crippen molar-refractivity contribution in [3.63, 3.8) is 0 Å². The van der Waals surface area contributed by atoms with E-state index in [1.807, 2.05) is 18.2 Å². The van der Waals surface area contributed by atoms with Gasteiger partial charge in [0, 0.05) is 23.8 Å². The molecule has 2 aromatic carbocycles. The highest BCUT2D eigenvalue weighted by molar-refractivity contribution is 7.93. The number of hydrogen-bond acceptors (Lipinski definition) is 8. The molecule has 0 radical (unpaired) electrons. The molecular formula is C32H46FN5O3S2. The standard InChI is InChI=1S/C32H46FN5O3S2/c1-21(2)34-19-22-9-11-23(12-10-22)20-41-25-14-15-28-30(18-25)42-32(36-28)37-43(39,40)31-16-13-24(17-26(31)33)35-27-7-5-6-8-29(27)38(3)4/h13-18,21-23,27,29,34-35H,5-12,19-20H2,1-4H3,(H,36,37)/t22?,23?,27-,29-/m0/s1. The van der Waals surface area contributed by atoms with Crippen LogP contribution in [0.15, 0.2) is 41.3 Å². The predicted molar refractivity (Wildman–Crippen MR) is 174 cm³/mol. The molecule has 0 unspecified atom stereocenters. The van der Waals surface area contributed by atoms with Gasteiger partial charge < -0.3 is 20.3 Å². The molecule has 0 spiro atoms. The first-order valence-corrected chi connectivity index (χ1v) is 17.9. The van der Waals surface area contributed by atoms with E-state index in [1.165, 1.54) is 55.6 Å². The van der Waals surface area contributed by atoms with Crippen molar-refractivity contribution in [1.82, 2.24) is 15.2 Å². The van der Waals surface area contributed by atoms with Crippen LogP contribution in [0.2, 0.25) is 0 Å². The Morgan fingerprint density at radius 1 is 1.02 bits per heavy atom. The number of sulfonamides is 1. The summed E-state index contributed by atoms with van der Waals surface area (Å²) in [4.78, 5) is 6.23. The van der Waals surface area contributed by atoms with Gasteiger partial charge in [0.25, 0.3) is 10.0 Å².